The molecule has 0 amide bonds. The fourth-order valence-corrected chi connectivity index (χ4v) is 3.59. The Hall–Kier alpha value is 0.0900. The summed E-state index contributed by atoms with van der Waals surface area (Å²) in [5, 5.41) is 0. The lowest BCUT2D eigenvalue weighted by Crippen LogP contribution is -2.27. The predicted molar refractivity (Wildman–Crippen MR) is 68.1 cm³/mol. The summed E-state index contributed by atoms with van der Waals surface area (Å²) in [6.45, 7) is 5.88. The molecule has 0 saturated carbocycles. The van der Waals surface area contributed by atoms with Crippen molar-refractivity contribution in [3.05, 3.63) is 21.4 Å². The normalized spacial score (nSPS) is 14.1. The molecule has 0 saturated heterocycles. The van der Waals surface area contributed by atoms with Crippen LogP contribution in [0.5, 0.6) is 0 Å². The van der Waals surface area contributed by atoms with Crippen LogP contribution < -0.4 is 4.72 Å². The van der Waals surface area contributed by atoms with Gasteiger partial charge in [0.1, 0.15) is 4.66 Å². The highest BCUT2D eigenvalue weighted by Crippen LogP contribution is 2.26. The molecule has 3 nitrogen and oxygen atoms in total. The van der Waals surface area contributed by atoms with Crippen LogP contribution in [0.3, 0.4) is 0 Å². The topological polar surface area (TPSA) is 46.2 Å². The molecule has 0 aliphatic carbocycles. The number of alkyl halides is 1. The number of sulfonamides is 1. The molecule has 0 spiro atoms. The third-order valence-corrected chi connectivity index (χ3v) is 5.84. The van der Waals surface area contributed by atoms with Crippen LogP contribution in [0.15, 0.2) is 6.07 Å². The molecule has 1 rings (SSSR count). The molecular formula is C9H14BrNO2S2. The number of rotatable bonds is 4. The molecule has 0 aliphatic rings. The van der Waals surface area contributed by atoms with E-state index in [1.165, 1.54) is 4.88 Å². The highest BCUT2D eigenvalue weighted by atomic mass is 79.9. The van der Waals surface area contributed by atoms with Gasteiger partial charge in [-0.3, -0.25) is 0 Å². The monoisotopic (exact) mass is 311 g/mol. The van der Waals surface area contributed by atoms with Gasteiger partial charge in [0.05, 0.1) is 0 Å². The van der Waals surface area contributed by atoms with Crippen molar-refractivity contribution < 1.29 is 8.42 Å². The van der Waals surface area contributed by atoms with Gasteiger partial charge in [0.25, 0.3) is 0 Å². The Balaban J connectivity index is 2.86. The molecule has 1 unspecified atom stereocenters. The lowest BCUT2D eigenvalue weighted by molar-refractivity contribution is 0.572. The molecule has 1 N–H and O–H groups in total. The second-order valence-electron chi connectivity index (χ2n) is 3.43. The zero-order valence-electron chi connectivity index (χ0n) is 8.87. The molecule has 0 bridgehead atoms. The van der Waals surface area contributed by atoms with E-state index < -0.39 is 10.0 Å². The molecule has 0 aliphatic heterocycles. The van der Waals surface area contributed by atoms with Crippen LogP contribution >= 0.6 is 27.3 Å². The summed E-state index contributed by atoms with van der Waals surface area (Å²) >= 11 is 4.63. The average molecular weight is 312 g/mol. The summed E-state index contributed by atoms with van der Waals surface area (Å²) in [6.07, 6.45) is 0. The van der Waals surface area contributed by atoms with E-state index in [1.54, 1.807) is 11.3 Å². The number of halogens is 1. The Bertz CT molecular complexity index is 439. The smallest absolute Gasteiger partial charge is 0.212 e. The number of aryl methyl sites for hydroxylation is 2. The van der Waals surface area contributed by atoms with E-state index in [-0.39, 0.29) is 10.7 Å². The zero-order chi connectivity index (χ0) is 11.6. The molecule has 86 valence electrons. The van der Waals surface area contributed by atoms with Crippen LogP contribution in [0.1, 0.15) is 28.3 Å². The largest absolute Gasteiger partial charge is 0.222 e. The molecular weight excluding hydrogens is 298 g/mol. The second kappa shape index (κ2) is 4.95. The van der Waals surface area contributed by atoms with Crippen LogP contribution in [0.4, 0.5) is 0 Å². The van der Waals surface area contributed by atoms with Crippen molar-refractivity contribution in [2.75, 3.05) is 4.66 Å². The van der Waals surface area contributed by atoms with Gasteiger partial charge in [0.2, 0.25) is 10.0 Å². The van der Waals surface area contributed by atoms with Gasteiger partial charge >= 0.3 is 0 Å². The molecule has 1 aromatic rings. The number of nitrogens with one attached hydrogen (secondary N) is 1. The van der Waals surface area contributed by atoms with E-state index in [9.17, 15) is 8.42 Å². The van der Waals surface area contributed by atoms with Crippen molar-refractivity contribution in [2.45, 2.75) is 26.8 Å². The molecule has 0 aromatic carbocycles. The summed E-state index contributed by atoms with van der Waals surface area (Å²) in [5.41, 5.74) is 1.06. The zero-order valence-corrected chi connectivity index (χ0v) is 12.1. The van der Waals surface area contributed by atoms with E-state index in [0.717, 1.165) is 10.4 Å². The minimum atomic E-state index is -3.20. The maximum atomic E-state index is 11.3. The number of thiophene rings is 1. The van der Waals surface area contributed by atoms with E-state index in [4.69, 9.17) is 0 Å². The van der Waals surface area contributed by atoms with Crippen LogP contribution in [-0.2, 0) is 10.0 Å². The molecule has 0 radical (unpaired) electrons. The third-order valence-electron chi connectivity index (χ3n) is 2.05. The lowest BCUT2D eigenvalue weighted by Gasteiger charge is -2.12. The minimum absolute atomic E-state index is 0.0630. The first kappa shape index (κ1) is 13.2. The Morgan fingerprint density at radius 1 is 1.53 bits per heavy atom. The van der Waals surface area contributed by atoms with Crippen LogP contribution in [0.2, 0.25) is 0 Å². The third kappa shape index (κ3) is 3.55. The van der Waals surface area contributed by atoms with Crippen molar-refractivity contribution in [3.63, 3.8) is 0 Å². The lowest BCUT2D eigenvalue weighted by atomic mass is 10.1. The van der Waals surface area contributed by atoms with Gasteiger partial charge in [-0.25, -0.2) is 13.1 Å². The fraction of sp³-hybridized carbons (Fsp3) is 0.556. The standard InChI is InChI=1S/C9H14BrNO2S2/c1-6-4-9(8(3)14-6)7(2)11-15(12,13)5-10/h4,7,11H,5H2,1-3H3. The van der Waals surface area contributed by atoms with Gasteiger partial charge in [-0.1, -0.05) is 15.9 Å². The Labute approximate surface area is 103 Å². The van der Waals surface area contributed by atoms with Crippen molar-refractivity contribution in [1.29, 1.82) is 0 Å². The second-order valence-corrected chi connectivity index (χ2v) is 7.95. The van der Waals surface area contributed by atoms with Gasteiger partial charge in [-0.05, 0) is 32.4 Å². The maximum Gasteiger partial charge on any atom is 0.222 e. The van der Waals surface area contributed by atoms with E-state index >= 15 is 0 Å². The first-order valence-corrected chi connectivity index (χ1v) is 8.07. The van der Waals surface area contributed by atoms with Crippen molar-refractivity contribution in [3.8, 4) is 0 Å². The van der Waals surface area contributed by atoms with Gasteiger partial charge in [-0.15, -0.1) is 11.3 Å². The Morgan fingerprint density at radius 3 is 2.53 bits per heavy atom. The summed E-state index contributed by atoms with van der Waals surface area (Å²) in [4.78, 5) is 2.37. The van der Waals surface area contributed by atoms with Gasteiger partial charge in [0, 0.05) is 15.8 Å². The van der Waals surface area contributed by atoms with Crippen LogP contribution in [-0.4, -0.2) is 13.1 Å². The van der Waals surface area contributed by atoms with Gasteiger partial charge < -0.3 is 0 Å². The first-order chi connectivity index (χ1) is 6.85. The average Bonchev–Trinajstić information content (AvgIpc) is 2.45. The predicted octanol–water partition coefficient (Wildman–Crippen LogP) is 2.70. The SMILES string of the molecule is Cc1cc(C(C)NS(=O)(=O)CBr)c(C)s1. The molecule has 0 fully saturated rings. The molecule has 1 atom stereocenters. The van der Waals surface area contributed by atoms with Gasteiger partial charge in [-0.2, -0.15) is 0 Å². The molecule has 6 heteroatoms. The Morgan fingerprint density at radius 2 is 2.13 bits per heavy atom. The minimum Gasteiger partial charge on any atom is -0.212 e. The number of hydrogen-bond donors (Lipinski definition) is 1. The molecule has 1 aromatic heterocycles. The van der Waals surface area contributed by atoms with E-state index in [0.29, 0.717) is 0 Å². The van der Waals surface area contributed by atoms with Crippen LogP contribution in [0.25, 0.3) is 0 Å². The number of hydrogen-bond acceptors (Lipinski definition) is 3. The van der Waals surface area contributed by atoms with Crippen molar-refractivity contribution in [1.82, 2.24) is 4.72 Å². The summed E-state index contributed by atoms with van der Waals surface area (Å²) in [5.74, 6) is 0. The first-order valence-electron chi connectivity index (χ1n) is 4.48. The van der Waals surface area contributed by atoms with Crippen molar-refractivity contribution in [2.24, 2.45) is 0 Å². The summed E-state index contributed by atoms with van der Waals surface area (Å²) in [6, 6.07) is 1.86. The van der Waals surface area contributed by atoms with E-state index in [1.807, 2.05) is 26.8 Å². The summed E-state index contributed by atoms with van der Waals surface area (Å²) in [7, 11) is -3.20. The van der Waals surface area contributed by atoms with Crippen LogP contribution in [0, 0.1) is 13.8 Å². The molecule has 15 heavy (non-hydrogen) atoms. The Kier molecular flexibility index (Phi) is 4.34. The fourth-order valence-electron chi connectivity index (χ4n) is 1.44. The molecule has 1 heterocycles. The summed E-state index contributed by atoms with van der Waals surface area (Å²) < 4.78 is 25.2. The van der Waals surface area contributed by atoms with E-state index in [2.05, 4.69) is 20.7 Å². The highest BCUT2D eigenvalue weighted by Gasteiger charge is 2.17. The quantitative estimate of drug-likeness (QED) is 0.869. The highest BCUT2D eigenvalue weighted by molar-refractivity contribution is 9.10. The maximum absolute atomic E-state index is 11.3. The van der Waals surface area contributed by atoms with Crippen molar-refractivity contribution >= 4 is 37.3 Å². The van der Waals surface area contributed by atoms with Gasteiger partial charge in [0.15, 0.2) is 0 Å².